The number of methoxy groups -OCH3 is 1. The van der Waals surface area contributed by atoms with Gasteiger partial charge in [-0.3, -0.25) is 4.79 Å². The molecular formula is C26H29FN4O2. The van der Waals surface area contributed by atoms with Gasteiger partial charge >= 0.3 is 0 Å². The van der Waals surface area contributed by atoms with E-state index in [1.165, 1.54) is 12.1 Å². The molecule has 1 fully saturated rings. The predicted octanol–water partition coefficient (Wildman–Crippen LogP) is 4.39. The molecule has 2 aromatic carbocycles. The molecule has 0 unspecified atom stereocenters. The molecule has 1 amide bonds. The number of ether oxygens (including phenoxy) is 1. The highest BCUT2D eigenvalue weighted by Crippen LogP contribution is 2.29. The van der Waals surface area contributed by atoms with Crippen molar-refractivity contribution in [2.24, 2.45) is 0 Å². The zero-order chi connectivity index (χ0) is 22.8. The summed E-state index contributed by atoms with van der Waals surface area (Å²) in [5.41, 5.74) is 3.39. The summed E-state index contributed by atoms with van der Waals surface area (Å²) in [6.07, 6.45) is 4.04. The maximum absolute atomic E-state index is 13.9. The molecule has 0 spiro atoms. The van der Waals surface area contributed by atoms with Crippen LogP contribution in [0.15, 0.2) is 48.5 Å². The van der Waals surface area contributed by atoms with E-state index < -0.39 is 0 Å². The van der Waals surface area contributed by atoms with Crippen molar-refractivity contribution in [3.63, 3.8) is 0 Å². The third-order valence-electron chi connectivity index (χ3n) is 6.66. The Kier molecular flexibility index (Phi) is 6.03. The van der Waals surface area contributed by atoms with Gasteiger partial charge in [0.1, 0.15) is 23.1 Å². The van der Waals surface area contributed by atoms with Crippen molar-refractivity contribution in [1.82, 2.24) is 14.5 Å². The van der Waals surface area contributed by atoms with Crippen LogP contribution in [0.2, 0.25) is 0 Å². The second-order valence-electron chi connectivity index (χ2n) is 8.68. The van der Waals surface area contributed by atoms with Crippen molar-refractivity contribution in [3.8, 4) is 17.1 Å². The van der Waals surface area contributed by atoms with Gasteiger partial charge in [0.2, 0.25) is 0 Å². The lowest BCUT2D eigenvalue weighted by Gasteiger charge is -2.36. The van der Waals surface area contributed by atoms with Gasteiger partial charge < -0.3 is 19.1 Å². The molecule has 172 valence electrons. The number of rotatable bonds is 4. The maximum atomic E-state index is 13.9. The molecule has 0 bridgehead atoms. The normalized spacial score (nSPS) is 16.3. The van der Waals surface area contributed by atoms with Gasteiger partial charge in [0.15, 0.2) is 0 Å². The number of fused-ring (bicyclic) bond motifs is 1. The molecule has 1 aromatic heterocycles. The molecule has 33 heavy (non-hydrogen) atoms. The van der Waals surface area contributed by atoms with E-state index in [4.69, 9.17) is 9.72 Å². The predicted molar refractivity (Wildman–Crippen MR) is 126 cm³/mol. The third kappa shape index (κ3) is 4.32. The number of amides is 1. The summed E-state index contributed by atoms with van der Waals surface area (Å²) in [4.78, 5) is 22.6. The Morgan fingerprint density at radius 3 is 2.48 bits per heavy atom. The molecule has 3 heterocycles. The minimum atomic E-state index is -0.291. The van der Waals surface area contributed by atoms with Gasteiger partial charge in [-0.05, 0) is 55.7 Å². The van der Waals surface area contributed by atoms with Crippen molar-refractivity contribution < 1.29 is 13.9 Å². The summed E-state index contributed by atoms with van der Waals surface area (Å²) >= 11 is 0. The van der Waals surface area contributed by atoms with E-state index in [1.54, 1.807) is 13.2 Å². The number of halogens is 1. The first-order valence-corrected chi connectivity index (χ1v) is 11.7. The van der Waals surface area contributed by atoms with E-state index >= 15 is 0 Å². The number of carbonyl (C=O) groups is 1. The molecule has 7 heteroatoms. The van der Waals surface area contributed by atoms with Crippen molar-refractivity contribution in [2.45, 2.75) is 32.2 Å². The van der Waals surface area contributed by atoms with Crippen LogP contribution in [0.5, 0.6) is 5.75 Å². The van der Waals surface area contributed by atoms with Gasteiger partial charge in [-0.2, -0.15) is 0 Å². The molecule has 0 saturated carbocycles. The standard InChI is InChI=1S/C26H29FN4O2/c1-33-22-11-9-21(10-12-22)29-14-16-30(17-15-29)26(32)24-23-8-3-2-4-13-31(23)25(28-24)19-6-5-7-20(27)18-19/h5-7,9-12,18H,2-4,8,13-17H2,1H3. The van der Waals surface area contributed by atoms with Crippen LogP contribution in [0.1, 0.15) is 35.4 Å². The smallest absolute Gasteiger partial charge is 0.274 e. The maximum Gasteiger partial charge on any atom is 0.274 e. The summed E-state index contributed by atoms with van der Waals surface area (Å²) in [5.74, 6) is 1.23. The van der Waals surface area contributed by atoms with Crippen LogP contribution in [-0.2, 0) is 13.0 Å². The largest absolute Gasteiger partial charge is 0.497 e. The monoisotopic (exact) mass is 448 g/mol. The van der Waals surface area contributed by atoms with Crippen molar-refractivity contribution in [2.75, 3.05) is 38.2 Å². The Balaban J connectivity index is 1.37. The Hall–Kier alpha value is -3.35. The lowest BCUT2D eigenvalue weighted by atomic mass is 10.1. The lowest BCUT2D eigenvalue weighted by molar-refractivity contribution is 0.0740. The molecule has 6 nitrogen and oxygen atoms in total. The number of hydrogen-bond donors (Lipinski definition) is 0. The minimum Gasteiger partial charge on any atom is -0.497 e. The molecule has 1 saturated heterocycles. The van der Waals surface area contributed by atoms with Crippen molar-refractivity contribution in [1.29, 1.82) is 0 Å². The highest BCUT2D eigenvalue weighted by atomic mass is 19.1. The average Bonchev–Trinajstić information content (AvgIpc) is 3.04. The Bertz CT molecular complexity index is 1130. The van der Waals surface area contributed by atoms with Crippen molar-refractivity contribution in [3.05, 3.63) is 65.7 Å². The van der Waals surface area contributed by atoms with Crippen LogP contribution in [0.4, 0.5) is 10.1 Å². The Morgan fingerprint density at radius 2 is 1.76 bits per heavy atom. The number of benzene rings is 2. The molecule has 5 rings (SSSR count). The summed E-state index contributed by atoms with van der Waals surface area (Å²) in [5, 5.41) is 0. The molecular weight excluding hydrogens is 419 g/mol. The fraction of sp³-hybridized carbons (Fsp3) is 0.385. The van der Waals surface area contributed by atoms with Gasteiger partial charge in [-0.1, -0.05) is 18.6 Å². The molecule has 2 aliphatic heterocycles. The number of anilines is 1. The van der Waals surface area contributed by atoms with Gasteiger partial charge in [-0.25, -0.2) is 9.37 Å². The number of carbonyl (C=O) groups excluding carboxylic acids is 1. The minimum absolute atomic E-state index is 0.0160. The molecule has 0 atom stereocenters. The SMILES string of the molecule is COc1ccc(N2CCN(C(=O)c3nc(-c4cccc(F)c4)n4c3CCCCC4)CC2)cc1. The first-order valence-electron chi connectivity index (χ1n) is 11.7. The highest BCUT2D eigenvalue weighted by molar-refractivity contribution is 5.94. The quantitative estimate of drug-likeness (QED) is 0.594. The third-order valence-corrected chi connectivity index (χ3v) is 6.66. The fourth-order valence-electron chi connectivity index (χ4n) is 4.85. The van der Waals surface area contributed by atoms with Crippen LogP contribution in [0, 0.1) is 5.82 Å². The van der Waals surface area contributed by atoms with Crippen LogP contribution in [-0.4, -0.2) is 53.6 Å². The zero-order valence-corrected chi connectivity index (χ0v) is 19.0. The summed E-state index contributed by atoms with van der Waals surface area (Å²) < 4.78 is 21.3. The van der Waals surface area contributed by atoms with E-state index in [9.17, 15) is 9.18 Å². The first-order chi connectivity index (χ1) is 16.1. The average molecular weight is 449 g/mol. The number of hydrogen-bond acceptors (Lipinski definition) is 4. The molecule has 0 radical (unpaired) electrons. The number of imidazole rings is 1. The Labute approximate surface area is 193 Å². The number of piperazine rings is 1. The van der Waals surface area contributed by atoms with Crippen LogP contribution in [0.3, 0.4) is 0 Å². The summed E-state index contributed by atoms with van der Waals surface area (Å²) in [6, 6.07) is 14.5. The molecule has 2 aliphatic rings. The molecule has 0 aliphatic carbocycles. The summed E-state index contributed by atoms with van der Waals surface area (Å²) in [6.45, 7) is 3.64. The second-order valence-corrected chi connectivity index (χ2v) is 8.68. The van der Waals surface area contributed by atoms with Gasteiger partial charge in [0.25, 0.3) is 5.91 Å². The van der Waals surface area contributed by atoms with Crippen molar-refractivity contribution >= 4 is 11.6 Å². The van der Waals surface area contributed by atoms with Gasteiger partial charge in [-0.15, -0.1) is 0 Å². The second kappa shape index (κ2) is 9.25. The highest BCUT2D eigenvalue weighted by Gasteiger charge is 2.29. The van der Waals surface area contributed by atoms with E-state index in [0.29, 0.717) is 24.6 Å². The fourth-order valence-corrected chi connectivity index (χ4v) is 4.85. The van der Waals surface area contributed by atoms with Gasteiger partial charge in [0, 0.05) is 44.0 Å². The van der Waals surface area contributed by atoms with E-state index in [1.807, 2.05) is 23.1 Å². The first kappa shape index (κ1) is 21.5. The van der Waals surface area contributed by atoms with E-state index in [2.05, 4.69) is 21.6 Å². The van der Waals surface area contributed by atoms with Crippen LogP contribution < -0.4 is 9.64 Å². The van der Waals surface area contributed by atoms with E-state index in [-0.39, 0.29) is 11.7 Å². The van der Waals surface area contributed by atoms with E-state index in [0.717, 1.165) is 68.0 Å². The van der Waals surface area contributed by atoms with Crippen LogP contribution in [0.25, 0.3) is 11.4 Å². The molecule has 3 aromatic rings. The zero-order valence-electron chi connectivity index (χ0n) is 19.0. The van der Waals surface area contributed by atoms with Gasteiger partial charge in [0.05, 0.1) is 12.8 Å². The number of nitrogens with zero attached hydrogens (tertiary/aromatic N) is 4. The number of aromatic nitrogens is 2. The lowest BCUT2D eigenvalue weighted by Crippen LogP contribution is -2.49. The summed E-state index contributed by atoms with van der Waals surface area (Å²) in [7, 11) is 1.66. The van der Waals surface area contributed by atoms with Crippen LogP contribution >= 0.6 is 0 Å². The topological polar surface area (TPSA) is 50.6 Å². The molecule has 0 N–H and O–H groups in total. The Morgan fingerprint density at radius 1 is 0.970 bits per heavy atom.